The predicted molar refractivity (Wildman–Crippen MR) is 130 cm³/mol. The highest BCUT2D eigenvalue weighted by atomic mass is 35.5. The van der Waals surface area contributed by atoms with Gasteiger partial charge in [-0.05, 0) is 60.9 Å². The summed E-state index contributed by atoms with van der Waals surface area (Å²) in [7, 11) is 1.50. The Bertz CT molecular complexity index is 1110. The van der Waals surface area contributed by atoms with Crippen molar-refractivity contribution in [2.45, 2.75) is 36.8 Å². The third-order valence-electron chi connectivity index (χ3n) is 6.30. The Morgan fingerprint density at radius 2 is 1.76 bits per heavy atom. The van der Waals surface area contributed by atoms with E-state index in [1.165, 1.54) is 7.11 Å². The first-order valence-electron chi connectivity index (χ1n) is 10.8. The molecule has 0 saturated heterocycles. The second-order valence-corrected chi connectivity index (χ2v) is 9.22. The van der Waals surface area contributed by atoms with Gasteiger partial charge in [0.1, 0.15) is 5.84 Å². The Hall–Kier alpha value is -2.67. The van der Waals surface area contributed by atoms with Crippen LogP contribution in [0.1, 0.15) is 41.6 Å². The van der Waals surface area contributed by atoms with E-state index in [1.807, 2.05) is 24.3 Å². The number of amidine groups is 1. The number of ether oxygens (including phenoxy) is 1. The van der Waals surface area contributed by atoms with Crippen LogP contribution in [-0.2, 0) is 14.9 Å². The number of carbonyl (C=O) groups excluding carboxylic acids is 2. The van der Waals surface area contributed by atoms with Gasteiger partial charge in [-0.3, -0.25) is 14.6 Å². The van der Waals surface area contributed by atoms with Crippen LogP contribution in [0.15, 0.2) is 65.7 Å². The maximum Gasteiger partial charge on any atom is 0.253 e. The number of amides is 2. The van der Waals surface area contributed by atoms with Crippen LogP contribution in [-0.4, -0.2) is 37.0 Å². The van der Waals surface area contributed by atoms with E-state index < -0.39 is 11.1 Å². The normalized spacial score (nSPS) is 21.4. The number of methoxy groups -OCH3 is 1. The molecule has 1 aliphatic heterocycles. The predicted octanol–water partition coefficient (Wildman–Crippen LogP) is 4.66. The molecule has 2 aliphatic rings. The van der Waals surface area contributed by atoms with Crippen molar-refractivity contribution in [3.05, 3.63) is 81.9 Å². The fraction of sp³-hybridized carbons (Fsp3) is 0.320. The first-order chi connectivity index (χ1) is 15.9. The number of halogens is 2. The van der Waals surface area contributed by atoms with Gasteiger partial charge < -0.3 is 15.4 Å². The molecule has 6 nitrogen and oxygen atoms in total. The number of hydrogen-bond donors (Lipinski definition) is 2. The minimum absolute atomic E-state index is 0.0846. The molecule has 2 amide bonds. The monoisotopic (exact) mass is 485 g/mol. The molecule has 1 heterocycles. The molecule has 4 rings (SSSR count). The van der Waals surface area contributed by atoms with Crippen molar-refractivity contribution in [1.82, 2.24) is 10.6 Å². The van der Waals surface area contributed by atoms with Crippen LogP contribution < -0.4 is 10.6 Å². The van der Waals surface area contributed by atoms with Gasteiger partial charge in [0, 0.05) is 22.7 Å². The van der Waals surface area contributed by atoms with Crippen molar-refractivity contribution in [2.75, 3.05) is 13.7 Å². The number of benzene rings is 2. The van der Waals surface area contributed by atoms with Gasteiger partial charge in [-0.15, -0.1) is 0 Å². The molecule has 172 valence electrons. The van der Waals surface area contributed by atoms with Crippen LogP contribution in [0.2, 0.25) is 10.0 Å². The minimum atomic E-state index is -1.12. The van der Waals surface area contributed by atoms with Gasteiger partial charge >= 0.3 is 0 Å². The molecule has 0 bridgehead atoms. The quantitative estimate of drug-likeness (QED) is 0.604. The minimum Gasteiger partial charge on any atom is -0.353 e. The van der Waals surface area contributed by atoms with Gasteiger partial charge in [0.2, 0.25) is 5.91 Å². The second-order valence-electron chi connectivity index (χ2n) is 8.34. The van der Waals surface area contributed by atoms with Crippen molar-refractivity contribution in [3.63, 3.8) is 0 Å². The van der Waals surface area contributed by atoms with Gasteiger partial charge in [0.25, 0.3) is 5.91 Å². The zero-order valence-corrected chi connectivity index (χ0v) is 19.7. The third kappa shape index (κ3) is 4.98. The van der Waals surface area contributed by atoms with E-state index in [9.17, 15) is 9.59 Å². The Morgan fingerprint density at radius 1 is 1.03 bits per heavy atom. The summed E-state index contributed by atoms with van der Waals surface area (Å²) in [4.78, 5) is 30.5. The maximum absolute atomic E-state index is 13.4. The van der Waals surface area contributed by atoms with Crippen LogP contribution in [0, 0.1) is 0 Å². The molecule has 2 aromatic rings. The molecule has 8 heteroatoms. The molecule has 1 atom stereocenters. The molecule has 0 aromatic heterocycles. The highest BCUT2D eigenvalue weighted by molar-refractivity contribution is 6.31. The largest absolute Gasteiger partial charge is 0.353 e. The summed E-state index contributed by atoms with van der Waals surface area (Å²) in [5, 5.41) is 6.94. The van der Waals surface area contributed by atoms with Gasteiger partial charge in [0.15, 0.2) is 5.72 Å². The van der Waals surface area contributed by atoms with E-state index in [0.717, 1.165) is 31.2 Å². The molecule has 0 spiro atoms. The highest BCUT2D eigenvalue weighted by Crippen LogP contribution is 2.41. The maximum atomic E-state index is 13.4. The zero-order valence-electron chi connectivity index (χ0n) is 18.2. The van der Waals surface area contributed by atoms with Crippen LogP contribution in [0.5, 0.6) is 0 Å². The summed E-state index contributed by atoms with van der Waals surface area (Å²) in [5.74, 6) is 0.0165. The fourth-order valence-electron chi connectivity index (χ4n) is 4.39. The molecular formula is C25H25Cl2N3O3. The summed E-state index contributed by atoms with van der Waals surface area (Å²) in [6, 6.07) is 14.1. The molecule has 1 fully saturated rings. The molecule has 0 radical (unpaired) electrons. The standard InChI is InChI=1S/C25H25Cl2N3O3/c1-33-25(30-22(31)17-5-4-6-20(27)15-17)14-11-21(28-16-25)29-23(32)24(12-2-3-13-24)18-7-9-19(26)10-8-18/h4-11,14-15H,2-3,12-13,16H2,1H3,(H,30,31)(H,28,29,32). The van der Waals surface area contributed by atoms with Gasteiger partial charge in [-0.25, -0.2) is 0 Å². The van der Waals surface area contributed by atoms with Crippen molar-refractivity contribution in [2.24, 2.45) is 4.99 Å². The third-order valence-corrected chi connectivity index (χ3v) is 6.79. The SMILES string of the molecule is COC1(NC(=O)c2cccc(Cl)c2)C=CC(NC(=O)C2(c3ccc(Cl)cc3)CCCC2)=NC1. The lowest BCUT2D eigenvalue weighted by Crippen LogP contribution is -2.53. The van der Waals surface area contributed by atoms with Crippen LogP contribution in [0.4, 0.5) is 0 Å². The lowest BCUT2D eigenvalue weighted by molar-refractivity contribution is -0.125. The Labute approximate surface area is 203 Å². The zero-order chi connectivity index (χ0) is 23.5. The summed E-state index contributed by atoms with van der Waals surface area (Å²) in [6.07, 6.45) is 6.88. The average molecular weight is 486 g/mol. The van der Waals surface area contributed by atoms with E-state index in [1.54, 1.807) is 36.4 Å². The van der Waals surface area contributed by atoms with E-state index in [2.05, 4.69) is 15.6 Å². The number of nitrogens with zero attached hydrogens (tertiary/aromatic N) is 1. The summed E-state index contributed by atoms with van der Waals surface area (Å²) < 4.78 is 5.57. The van der Waals surface area contributed by atoms with Crippen molar-refractivity contribution in [1.29, 1.82) is 0 Å². The number of hydrogen-bond acceptors (Lipinski definition) is 4. The van der Waals surface area contributed by atoms with Gasteiger partial charge in [0.05, 0.1) is 12.0 Å². The number of dihydropyridines is 1. The van der Waals surface area contributed by atoms with E-state index in [4.69, 9.17) is 27.9 Å². The van der Waals surface area contributed by atoms with Gasteiger partial charge in [-0.2, -0.15) is 0 Å². The summed E-state index contributed by atoms with van der Waals surface area (Å²) in [6.45, 7) is 0.121. The highest BCUT2D eigenvalue weighted by Gasteiger charge is 2.43. The van der Waals surface area contributed by atoms with Crippen LogP contribution >= 0.6 is 23.2 Å². The Morgan fingerprint density at radius 3 is 2.36 bits per heavy atom. The van der Waals surface area contributed by atoms with Crippen molar-refractivity contribution in [3.8, 4) is 0 Å². The van der Waals surface area contributed by atoms with Crippen molar-refractivity contribution < 1.29 is 14.3 Å². The molecule has 2 aromatic carbocycles. The molecule has 1 saturated carbocycles. The summed E-state index contributed by atoms with van der Waals surface area (Å²) in [5.41, 5.74) is -0.337. The second kappa shape index (κ2) is 9.67. The molecule has 33 heavy (non-hydrogen) atoms. The molecule has 1 unspecified atom stereocenters. The lowest BCUT2D eigenvalue weighted by atomic mass is 9.78. The van der Waals surface area contributed by atoms with Crippen LogP contribution in [0.25, 0.3) is 0 Å². The Kier molecular flexibility index (Phi) is 6.88. The van der Waals surface area contributed by atoms with Crippen LogP contribution in [0.3, 0.4) is 0 Å². The number of carbonyl (C=O) groups is 2. The van der Waals surface area contributed by atoms with Crippen molar-refractivity contribution >= 4 is 40.9 Å². The number of rotatable bonds is 5. The molecular weight excluding hydrogens is 461 g/mol. The topological polar surface area (TPSA) is 79.8 Å². The lowest BCUT2D eigenvalue weighted by Gasteiger charge is -2.32. The summed E-state index contributed by atoms with van der Waals surface area (Å²) >= 11 is 12.0. The van der Waals surface area contributed by atoms with Gasteiger partial charge in [-0.1, -0.05) is 54.2 Å². The average Bonchev–Trinajstić information content (AvgIpc) is 3.32. The number of aliphatic imine (C=N–C) groups is 1. The Balaban J connectivity index is 1.46. The van der Waals surface area contributed by atoms with E-state index >= 15 is 0 Å². The first kappa shape index (κ1) is 23.5. The van der Waals surface area contributed by atoms with E-state index in [-0.39, 0.29) is 18.4 Å². The smallest absolute Gasteiger partial charge is 0.253 e. The fourth-order valence-corrected chi connectivity index (χ4v) is 4.71. The first-order valence-corrected chi connectivity index (χ1v) is 11.6. The number of nitrogens with one attached hydrogen (secondary N) is 2. The van der Waals surface area contributed by atoms with E-state index in [0.29, 0.717) is 21.4 Å². The molecule has 1 aliphatic carbocycles. The molecule has 2 N–H and O–H groups in total.